The Hall–Kier alpha value is -2.07. The maximum Gasteiger partial charge on any atom is 0.248 e. The maximum atomic E-state index is 12.0. The molecule has 3 rings (SSSR count). The van der Waals surface area contributed by atoms with Gasteiger partial charge in [0.05, 0.1) is 24.7 Å². The molecule has 0 bridgehead atoms. The Bertz CT molecular complexity index is 883. The monoisotopic (exact) mass is 411 g/mol. The Balaban J connectivity index is 1.83. The number of methoxy groups -OCH3 is 1. The van der Waals surface area contributed by atoms with Crippen LogP contribution in [0, 0.1) is 0 Å². The van der Waals surface area contributed by atoms with E-state index in [0.717, 1.165) is 5.56 Å². The van der Waals surface area contributed by atoms with Gasteiger partial charge < -0.3 is 19.5 Å². The summed E-state index contributed by atoms with van der Waals surface area (Å²) in [5.74, 6) is -1.12. The summed E-state index contributed by atoms with van der Waals surface area (Å²) in [6, 6.07) is 7.11. The Morgan fingerprint density at radius 2 is 2.11 bits per heavy atom. The lowest BCUT2D eigenvalue weighted by atomic mass is 10.1. The van der Waals surface area contributed by atoms with Gasteiger partial charge in [-0.15, -0.1) is 0 Å². The van der Waals surface area contributed by atoms with Gasteiger partial charge in [0, 0.05) is 24.2 Å². The number of amidine groups is 1. The van der Waals surface area contributed by atoms with Crippen LogP contribution in [0.4, 0.5) is 0 Å². The van der Waals surface area contributed by atoms with Gasteiger partial charge in [0.15, 0.2) is 15.0 Å². The SMILES string of the molecule is COc1cccc(CN2C(=NC(=O)CCC(=O)[O-])S[C@H]3CS(=O)(=O)C[C@@H]32)c1. The van der Waals surface area contributed by atoms with Crippen LogP contribution in [-0.2, 0) is 26.0 Å². The number of rotatable bonds is 6. The summed E-state index contributed by atoms with van der Waals surface area (Å²) in [4.78, 5) is 28.4. The van der Waals surface area contributed by atoms with Crippen molar-refractivity contribution in [2.45, 2.75) is 30.7 Å². The molecule has 8 nitrogen and oxygen atoms in total. The van der Waals surface area contributed by atoms with Gasteiger partial charge >= 0.3 is 0 Å². The number of amides is 1. The zero-order chi connectivity index (χ0) is 19.6. The first kappa shape index (κ1) is 19.7. The van der Waals surface area contributed by atoms with Crippen molar-refractivity contribution in [2.75, 3.05) is 18.6 Å². The number of ether oxygens (including phenoxy) is 1. The average Bonchev–Trinajstić information content (AvgIpc) is 3.06. The fourth-order valence-corrected chi connectivity index (χ4v) is 7.13. The topological polar surface area (TPSA) is 116 Å². The second kappa shape index (κ2) is 7.89. The number of hydrogen-bond acceptors (Lipinski definition) is 7. The van der Waals surface area contributed by atoms with Crippen molar-refractivity contribution < 1.29 is 27.9 Å². The quantitative estimate of drug-likeness (QED) is 0.633. The summed E-state index contributed by atoms with van der Waals surface area (Å²) in [5.41, 5.74) is 0.898. The molecule has 1 aromatic carbocycles. The number of carbonyl (C=O) groups is 2. The van der Waals surface area contributed by atoms with Gasteiger partial charge in [0.2, 0.25) is 5.91 Å². The molecule has 2 atom stereocenters. The highest BCUT2D eigenvalue weighted by Crippen LogP contribution is 2.39. The van der Waals surface area contributed by atoms with Crippen molar-refractivity contribution in [3.63, 3.8) is 0 Å². The van der Waals surface area contributed by atoms with E-state index in [1.165, 1.54) is 11.8 Å². The smallest absolute Gasteiger partial charge is 0.248 e. The van der Waals surface area contributed by atoms with E-state index in [-0.39, 0.29) is 29.2 Å². The van der Waals surface area contributed by atoms with Crippen LogP contribution in [0.25, 0.3) is 0 Å². The summed E-state index contributed by atoms with van der Waals surface area (Å²) >= 11 is 1.27. The number of benzene rings is 1. The molecule has 0 saturated carbocycles. The minimum Gasteiger partial charge on any atom is -0.550 e. The lowest BCUT2D eigenvalue weighted by molar-refractivity contribution is -0.305. The van der Waals surface area contributed by atoms with Crippen molar-refractivity contribution in [2.24, 2.45) is 4.99 Å². The highest BCUT2D eigenvalue weighted by molar-refractivity contribution is 8.15. The maximum absolute atomic E-state index is 12.0. The van der Waals surface area contributed by atoms with Gasteiger partial charge in [0.1, 0.15) is 5.75 Å². The molecule has 2 aliphatic rings. The second-order valence-electron chi connectivity index (χ2n) is 6.44. The van der Waals surface area contributed by atoms with Gasteiger partial charge in [-0.25, -0.2) is 8.42 Å². The standard InChI is InChI=1S/C17H20N2O6S2/c1-25-12-4-2-3-11(7-12)8-19-13-9-27(23,24)10-14(13)26-17(19)18-15(20)5-6-16(21)22/h2-4,7,13-14H,5-6,8-10H2,1H3,(H,21,22)/p-1/t13-,14-/m0/s1. The molecule has 0 aromatic heterocycles. The molecule has 2 saturated heterocycles. The van der Waals surface area contributed by atoms with Gasteiger partial charge in [-0.3, -0.25) is 4.79 Å². The van der Waals surface area contributed by atoms with E-state index in [0.29, 0.717) is 17.5 Å². The lowest BCUT2D eigenvalue weighted by Crippen LogP contribution is -2.37. The third kappa shape index (κ3) is 4.81. The first-order chi connectivity index (χ1) is 12.8. The number of carbonyl (C=O) groups excluding carboxylic acids is 2. The largest absolute Gasteiger partial charge is 0.550 e. The van der Waals surface area contributed by atoms with E-state index < -0.39 is 28.1 Å². The highest BCUT2D eigenvalue weighted by atomic mass is 32.2. The molecule has 2 fully saturated rings. The Labute approximate surface area is 161 Å². The molecule has 1 amide bonds. The summed E-state index contributed by atoms with van der Waals surface area (Å²) in [6.45, 7) is 0.382. The fourth-order valence-electron chi connectivity index (χ4n) is 3.16. The van der Waals surface area contributed by atoms with Crippen LogP contribution in [0.3, 0.4) is 0 Å². The highest BCUT2D eigenvalue weighted by Gasteiger charge is 2.48. The molecule has 0 spiro atoms. The summed E-state index contributed by atoms with van der Waals surface area (Å²) in [6.07, 6.45) is -0.634. The van der Waals surface area contributed by atoms with Crippen molar-refractivity contribution in [3.05, 3.63) is 29.8 Å². The lowest BCUT2D eigenvalue weighted by Gasteiger charge is -2.24. The van der Waals surface area contributed by atoms with Crippen molar-refractivity contribution in [3.8, 4) is 5.75 Å². The minimum absolute atomic E-state index is 0.0148. The Kier molecular flexibility index (Phi) is 5.75. The Morgan fingerprint density at radius 3 is 2.81 bits per heavy atom. The predicted octanol–water partition coefficient (Wildman–Crippen LogP) is -0.178. The normalized spacial score (nSPS) is 24.8. The van der Waals surface area contributed by atoms with Crippen molar-refractivity contribution in [1.82, 2.24) is 4.90 Å². The Morgan fingerprint density at radius 1 is 1.33 bits per heavy atom. The van der Waals surface area contributed by atoms with Crippen LogP contribution in [0.1, 0.15) is 18.4 Å². The number of carboxylic acid groups (broad SMARTS) is 1. The van der Waals surface area contributed by atoms with Crippen LogP contribution in [0.2, 0.25) is 0 Å². The fraction of sp³-hybridized carbons (Fsp3) is 0.471. The van der Waals surface area contributed by atoms with Crippen LogP contribution < -0.4 is 9.84 Å². The first-order valence-electron chi connectivity index (χ1n) is 8.35. The summed E-state index contributed by atoms with van der Waals surface area (Å²) in [5, 5.41) is 10.8. The molecule has 0 N–H and O–H groups in total. The molecule has 27 heavy (non-hydrogen) atoms. The average molecular weight is 411 g/mol. The molecule has 146 valence electrons. The molecule has 10 heteroatoms. The molecule has 2 heterocycles. The van der Waals surface area contributed by atoms with Crippen LogP contribution in [0.5, 0.6) is 5.75 Å². The molecule has 1 aromatic rings. The molecule has 2 aliphatic heterocycles. The number of aliphatic imine (C=N–C) groups is 1. The van der Waals surface area contributed by atoms with Crippen LogP contribution in [-0.4, -0.2) is 60.3 Å². The van der Waals surface area contributed by atoms with Crippen molar-refractivity contribution >= 4 is 38.6 Å². The number of nitrogens with zero attached hydrogens (tertiary/aromatic N) is 2. The number of hydrogen-bond donors (Lipinski definition) is 0. The van der Waals surface area contributed by atoms with Gasteiger partial charge in [-0.1, -0.05) is 23.9 Å². The van der Waals surface area contributed by atoms with Crippen molar-refractivity contribution in [1.29, 1.82) is 0 Å². The molecular weight excluding hydrogens is 392 g/mol. The predicted molar refractivity (Wildman–Crippen MR) is 99.0 cm³/mol. The second-order valence-corrected chi connectivity index (χ2v) is 9.80. The summed E-state index contributed by atoms with van der Waals surface area (Å²) < 4.78 is 29.2. The van der Waals surface area contributed by atoms with E-state index in [9.17, 15) is 23.1 Å². The summed E-state index contributed by atoms with van der Waals surface area (Å²) in [7, 11) is -1.57. The molecule has 0 unspecified atom stereocenters. The van der Waals surface area contributed by atoms with E-state index >= 15 is 0 Å². The number of sulfone groups is 1. The number of fused-ring (bicyclic) bond motifs is 1. The van der Waals surface area contributed by atoms with Crippen LogP contribution in [0.15, 0.2) is 29.3 Å². The van der Waals surface area contributed by atoms with E-state index in [2.05, 4.69) is 4.99 Å². The first-order valence-corrected chi connectivity index (χ1v) is 11.1. The third-order valence-corrected chi connectivity index (χ3v) is 7.67. The van der Waals surface area contributed by atoms with Gasteiger partial charge in [-0.05, 0) is 24.1 Å². The molecule has 0 radical (unpaired) electrons. The van der Waals surface area contributed by atoms with E-state index in [1.807, 2.05) is 29.2 Å². The van der Waals surface area contributed by atoms with Gasteiger partial charge in [-0.2, -0.15) is 4.99 Å². The zero-order valence-electron chi connectivity index (χ0n) is 14.7. The molecular formula is C17H19N2O6S2-. The number of thioether (sulfide) groups is 1. The zero-order valence-corrected chi connectivity index (χ0v) is 16.3. The number of aliphatic carboxylic acids is 1. The number of carboxylic acids is 1. The van der Waals surface area contributed by atoms with Crippen LogP contribution >= 0.6 is 11.8 Å². The molecule has 0 aliphatic carbocycles. The van der Waals surface area contributed by atoms with E-state index in [1.54, 1.807) is 7.11 Å². The van der Waals surface area contributed by atoms with E-state index in [4.69, 9.17) is 4.74 Å². The van der Waals surface area contributed by atoms with Gasteiger partial charge in [0.25, 0.3) is 0 Å². The minimum atomic E-state index is -3.13. The third-order valence-electron chi connectivity index (χ3n) is 4.43.